The predicted octanol–water partition coefficient (Wildman–Crippen LogP) is 5.30. The van der Waals surface area contributed by atoms with Crippen molar-refractivity contribution in [3.8, 4) is 22.8 Å². The number of nitrogens with zero attached hydrogens (tertiary/aromatic N) is 4. The number of hydrogen-bond acceptors (Lipinski definition) is 6. The molecule has 0 saturated heterocycles. The molecule has 0 saturated carbocycles. The number of imidazole rings is 1. The smallest absolute Gasteiger partial charge is 0.213 e. The van der Waals surface area contributed by atoms with Gasteiger partial charge in [0.05, 0.1) is 22.7 Å². The highest BCUT2D eigenvalue weighted by molar-refractivity contribution is 7.87. The van der Waals surface area contributed by atoms with Crippen LogP contribution in [0.2, 0.25) is 0 Å². The summed E-state index contributed by atoms with van der Waals surface area (Å²) in [5.41, 5.74) is 3.91. The first kappa shape index (κ1) is 20.5. The number of aryl methyl sites for hydroxylation is 2. The maximum Gasteiger partial charge on any atom is 0.213 e. The number of rotatable bonds is 7. The van der Waals surface area contributed by atoms with E-state index in [9.17, 15) is 4.21 Å². The third kappa shape index (κ3) is 4.61. The molecule has 8 heteroatoms. The summed E-state index contributed by atoms with van der Waals surface area (Å²) >= 11 is 1.36. The Morgan fingerprint density at radius 2 is 1.75 bits per heavy atom. The topological polar surface area (TPSA) is 69.4 Å². The molecule has 0 radical (unpaired) electrons. The first-order chi connectivity index (χ1) is 15.6. The van der Waals surface area contributed by atoms with Gasteiger partial charge in [-0.15, -0.1) is 5.10 Å². The van der Waals surface area contributed by atoms with E-state index in [-0.39, 0.29) is 0 Å². The second kappa shape index (κ2) is 9.02. The van der Waals surface area contributed by atoms with Crippen LogP contribution in [0.1, 0.15) is 11.3 Å². The van der Waals surface area contributed by atoms with Gasteiger partial charge in [-0.1, -0.05) is 35.1 Å². The Bertz CT molecular complexity index is 1330. The molecule has 5 rings (SSSR count). The molecule has 1 atom stereocenters. The van der Waals surface area contributed by atoms with Crippen molar-refractivity contribution >= 4 is 27.1 Å². The summed E-state index contributed by atoms with van der Waals surface area (Å²) in [6.07, 6.45) is 4.26. The Hall–Kier alpha value is -3.36. The zero-order valence-corrected chi connectivity index (χ0v) is 19.0. The molecule has 0 bridgehead atoms. The third-order valence-corrected chi connectivity index (χ3v) is 7.47. The number of aromatic nitrogens is 4. The zero-order chi connectivity index (χ0) is 21.9. The summed E-state index contributed by atoms with van der Waals surface area (Å²) in [5.74, 6) is 2.06. The number of ether oxygens (including phenoxy) is 1. The van der Waals surface area contributed by atoms with Gasteiger partial charge in [-0.25, -0.2) is 9.50 Å². The van der Waals surface area contributed by atoms with Crippen LogP contribution in [0.5, 0.6) is 11.5 Å². The minimum Gasteiger partial charge on any atom is -0.457 e. The molecule has 0 aliphatic rings. The second-order valence-electron chi connectivity index (χ2n) is 7.28. The van der Waals surface area contributed by atoms with Crippen molar-refractivity contribution in [2.75, 3.05) is 5.75 Å². The van der Waals surface area contributed by atoms with Gasteiger partial charge in [0.1, 0.15) is 11.5 Å². The first-order valence-corrected chi connectivity index (χ1v) is 12.3. The lowest BCUT2D eigenvalue weighted by molar-refractivity contribution is 0.482. The molecule has 0 spiro atoms. The van der Waals surface area contributed by atoms with E-state index >= 15 is 0 Å². The lowest BCUT2D eigenvalue weighted by atomic mass is 10.1. The van der Waals surface area contributed by atoms with E-state index in [1.54, 1.807) is 10.7 Å². The quantitative estimate of drug-likeness (QED) is 0.329. The summed E-state index contributed by atoms with van der Waals surface area (Å²) in [7, 11) is -1.18. The van der Waals surface area contributed by atoms with Crippen molar-refractivity contribution in [3.63, 3.8) is 0 Å². The molecule has 3 aromatic heterocycles. The fraction of sp³-hybridized carbons (Fsp3) is 0.125. The number of benzene rings is 2. The molecule has 2 aromatic carbocycles. The monoisotopic (exact) mass is 460 g/mol. The average Bonchev–Trinajstić information content (AvgIpc) is 3.40. The van der Waals surface area contributed by atoms with Gasteiger partial charge < -0.3 is 4.74 Å². The molecule has 0 amide bonds. The highest BCUT2D eigenvalue weighted by Crippen LogP contribution is 2.27. The molecule has 3 heterocycles. The molecule has 5 aromatic rings. The van der Waals surface area contributed by atoms with Crippen LogP contribution in [0, 0.1) is 6.92 Å². The normalized spacial score (nSPS) is 12.2. The Labute approximate surface area is 192 Å². The maximum atomic E-state index is 12.6. The Morgan fingerprint density at radius 3 is 2.44 bits per heavy atom. The minimum atomic E-state index is -1.18. The Morgan fingerprint density at radius 1 is 1.00 bits per heavy atom. The Kier molecular flexibility index (Phi) is 5.79. The highest BCUT2D eigenvalue weighted by Gasteiger charge is 2.14. The molecular weight excluding hydrogens is 440 g/mol. The van der Waals surface area contributed by atoms with Crippen LogP contribution in [0.3, 0.4) is 0 Å². The van der Waals surface area contributed by atoms with E-state index in [0.29, 0.717) is 16.5 Å². The van der Waals surface area contributed by atoms with E-state index in [1.165, 1.54) is 16.9 Å². The largest absolute Gasteiger partial charge is 0.457 e. The number of fused-ring (bicyclic) bond motifs is 1. The minimum absolute atomic E-state index is 0.489. The Balaban J connectivity index is 1.26. The van der Waals surface area contributed by atoms with Crippen LogP contribution < -0.4 is 4.74 Å². The molecule has 0 fully saturated rings. The summed E-state index contributed by atoms with van der Waals surface area (Å²) in [5, 5.41) is 4.48. The van der Waals surface area contributed by atoms with Gasteiger partial charge in [0.15, 0.2) is 0 Å². The van der Waals surface area contributed by atoms with Crippen molar-refractivity contribution in [2.24, 2.45) is 0 Å². The van der Waals surface area contributed by atoms with Crippen molar-refractivity contribution in [2.45, 2.75) is 17.7 Å². The van der Waals surface area contributed by atoms with Gasteiger partial charge in [0, 0.05) is 29.6 Å². The van der Waals surface area contributed by atoms with Crippen molar-refractivity contribution in [1.29, 1.82) is 0 Å². The van der Waals surface area contributed by atoms with Gasteiger partial charge in [-0.05, 0) is 55.5 Å². The van der Waals surface area contributed by atoms with E-state index in [0.717, 1.165) is 33.4 Å². The van der Waals surface area contributed by atoms with Crippen molar-refractivity contribution in [3.05, 3.63) is 90.4 Å². The lowest BCUT2D eigenvalue weighted by Gasteiger charge is -2.06. The SMILES string of the molecule is Cc1ccc(Oc2ccc(-c3cn4nc(S(=O)CCc5ccccn5)sc4n3)cc2)cc1. The molecular formula is C24H20N4O2S2. The fourth-order valence-corrected chi connectivity index (χ4v) is 5.39. The molecule has 1 unspecified atom stereocenters. The van der Waals surface area contributed by atoms with E-state index in [1.807, 2.05) is 79.9 Å². The van der Waals surface area contributed by atoms with Gasteiger partial charge in [0.25, 0.3) is 0 Å². The molecule has 0 aliphatic carbocycles. The zero-order valence-electron chi connectivity index (χ0n) is 17.3. The second-order valence-corrected chi connectivity index (χ2v) is 9.98. The summed E-state index contributed by atoms with van der Waals surface area (Å²) in [4.78, 5) is 9.66. The summed E-state index contributed by atoms with van der Waals surface area (Å²) in [6, 6.07) is 21.5. The fourth-order valence-electron chi connectivity index (χ4n) is 3.18. The summed E-state index contributed by atoms with van der Waals surface area (Å²) in [6.45, 7) is 2.05. The van der Waals surface area contributed by atoms with Gasteiger partial charge >= 0.3 is 0 Å². The molecule has 160 valence electrons. The highest BCUT2D eigenvalue weighted by atomic mass is 32.2. The first-order valence-electron chi connectivity index (χ1n) is 10.1. The molecule has 0 aliphatic heterocycles. The van der Waals surface area contributed by atoms with Gasteiger partial charge in [0.2, 0.25) is 9.30 Å². The third-order valence-electron chi connectivity index (χ3n) is 4.90. The van der Waals surface area contributed by atoms with Crippen molar-refractivity contribution in [1.82, 2.24) is 19.6 Å². The molecule has 6 nitrogen and oxygen atoms in total. The van der Waals surface area contributed by atoms with Crippen LogP contribution >= 0.6 is 11.3 Å². The predicted molar refractivity (Wildman–Crippen MR) is 127 cm³/mol. The summed E-state index contributed by atoms with van der Waals surface area (Å²) < 4.78 is 20.8. The van der Waals surface area contributed by atoms with Crippen LogP contribution in [0.15, 0.2) is 83.5 Å². The van der Waals surface area contributed by atoms with Crippen molar-refractivity contribution < 1.29 is 8.95 Å². The van der Waals surface area contributed by atoms with Crippen LogP contribution in [-0.2, 0) is 17.2 Å². The number of pyridine rings is 1. The number of hydrogen-bond donors (Lipinski definition) is 0. The van der Waals surface area contributed by atoms with E-state index in [2.05, 4.69) is 15.1 Å². The standard InChI is InChI=1S/C24H20N4O2S2/c1-17-5-9-20(10-6-17)30-21-11-7-18(8-12-21)22-16-28-23(26-22)31-24(27-28)32(29)15-13-19-4-2-3-14-25-19/h2-12,14,16H,13,15H2,1H3. The maximum absolute atomic E-state index is 12.6. The van der Waals surface area contributed by atoms with Crippen LogP contribution in [0.25, 0.3) is 16.2 Å². The molecule has 0 N–H and O–H groups in total. The van der Waals surface area contributed by atoms with Crippen LogP contribution in [-0.4, -0.2) is 29.5 Å². The van der Waals surface area contributed by atoms with Crippen LogP contribution in [0.4, 0.5) is 0 Å². The van der Waals surface area contributed by atoms with E-state index in [4.69, 9.17) is 4.74 Å². The molecule has 32 heavy (non-hydrogen) atoms. The van der Waals surface area contributed by atoms with Gasteiger partial charge in [-0.2, -0.15) is 0 Å². The lowest BCUT2D eigenvalue weighted by Crippen LogP contribution is -2.03. The van der Waals surface area contributed by atoms with Gasteiger partial charge in [-0.3, -0.25) is 9.19 Å². The van der Waals surface area contributed by atoms with E-state index < -0.39 is 10.8 Å². The average molecular weight is 461 g/mol.